The molecule has 1 aromatic rings. The molecule has 1 rings (SSSR count). The fourth-order valence-electron chi connectivity index (χ4n) is 1.17. The van der Waals surface area contributed by atoms with Gasteiger partial charge >= 0.3 is 0 Å². The first-order valence-electron chi connectivity index (χ1n) is 4.75. The Kier molecular flexibility index (Phi) is 4.18. The smallest absolute Gasteiger partial charge is 0.181 e. The number of anilines is 1. The van der Waals surface area contributed by atoms with Crippen molar-refractivity contribution in [3.63, 3.8) is 0 Å². The largest absolute Gasteiger partial charge is 0.399 e. The third-order valence-corrected chi connectivity index (χ3v) is 4.27. The van der Waals surface area contributed by atoms with Crippen molar-refractivity contribution in [3.05, 3.63) is 23.2 Å². The van der Waals surface area contributed by atoms with E-state index in [1.165, 1.54) is 12.1 Å². The SMILES string of the molecule is CN(C)CCS(=O)(=O)c1cc(N)ccc1Cl. The fraction of sp³-hybridized carbons (Fsp3) is 0.400. The maximum Gasteiger partial charge on any atom is 0.181 e. The summed E-state index contributed by atoms with van der Waals surface area (Å²) in [6, 6.07) is 4.47. The van der Waals surface area contributed by atoms with Crippen molar-refractivity contribution in [2.24, 2.45) is 0 Å². The molecule has 0 aliphatic heterocycles. The van der Waals surface area contributed by atoms with E-state index in [0.29, 0.717) is 12.2 Å². The third kappa shape index (κ3) is 3.37. The number of nitrogen functional groups attached to an aromatic ring is 1. The molecule has 0 saturated carbocycles. The molecule has 0 amide bonds. The lowest BCUT2D eigenvalue weighted by molar-refractivity contribution is 0.432. The lowest BCUT2D eigenvalue weighted by Crippen LogP contribution is -2.22. The average Bonchev–Trinajstić information content (AvgIpc) is 2.19. The molecule has 6 heteroatoms. The van der Waals surface area contributed by atoms with Crippen LogP contribution in [-0.4, -0.2) is 39.7 Å². The van der Waals surface area contributed by atoms with Crippen molar-refractivity contribution in [2.75, 3.05) is 32.1 Å². The highest BCUT2D eigenvalue weighted by Crippen LogP contribution is 2.24. The molecule has 0 spiro atoms. The third-order valence-electron chi connectivity index (χ3n) is 2.10. The zero-order valence-corrected chi connectivity index (χ0v) is 10.8. The van der Waals surface area contributed by atoms with Crippen LogP contribution in [0.4, 0.5) is 5.69 Å². The van der Waals surface area contributed by atoms with Gasteiger partial charge in [0, 0.05) is 12.2 Å². The van der Waals surface area contributed by atoms with E-state index in [9.17, 15) is 8.42 Å². The fourth-order valence-corrected chi connectivity index (χ4v) is 3.15. The van der Waals surface area contributed by atoms with Crippen molar-refractivity contribution in [1.82, 2.24) is 4.90 Å². The highest BCUT2D eigenvalue weighted by molar-refractivity contribution is 7.91. The first kappa shape index (κ1) is 13.3. The molecular weight excluding hydrogens is 248 g/mol. The van der Waals surface area contributed by atoms with Gasteiger partial charge in [-0.05, 0) is 32.3 Å². The summed E-state index contributed by atoms with van der Waals surface area (Å²) in [4.78, 5) is 1.91. The maximum absolute atomic E-state index is 11.9. The van der Waals surface area contributed by atoms with Crippen LogP contribution in [0, 0.1) is 0 Å². The summed E-state index contributed by atoms with van der Waals surface area (Å²) in [7, 11) is 0.270. The lowest BCUT2D eigenvalue weighted by Gasteiger charge is -2.11. The summed E-state index contributed by atoms with van der Waals surface area (Å²) < 4.78 is 23.9. The van der Waals surface area contributed by atoms with Gasteiger partial charge in [0.25, 0.3) is 0 Å². The summed E-state index contributed by atoms with van der Waals surface area (Å²) in [5, 5.41) is 0.216. The monoisotopic (exact) mass is 262 g/mol. The highest BCUT2D eigenvalue weighted by Gasteiger charge is 2.18. The lowest BCUT2D eigenvalue weighted by atomic mass is 10.3. The Morgan fingerprint density at radius 3 is 2.56 bits per heavy atom. The Labute approximate surface area is 101 Å². The minimum absolute atomic E-state index is 0.0309. The second-order valence-electron chi connectivity index (χ2n) is 3.81. The van der Waals surface area contributed by atoms with Crippen molar-refractivity contribution >= 4 is 27.1 Å². The van der Waals surface area contributed by atoms with Crippen molar-refractivity contribution in [1.29, 1.82) is 0 Å². The van der Waals surface area contributed by atoms with Crippen LogP contribution in [-0.2, 0) is 9.84 Å². The molecule has 0 aliphatic rings. The molecule has 16 heavy (non-hydrogen) atoms. The van der Waals surface area contributed by atoms with E-state index in [-0.39, 0.29) is 15.7 Å². The Morgan fingerprint density at radius 2 is 2.00 bits per heavy atom. The number of hydrogen-bond acceptors (Lipinski definition) is 4. The Hall–Kier alpha value is -0.780. The van der Waals surface area contributed by atoms with Crippen molar-refractivity contribution in [2.45, 2.75) is 4.90 Å². The van der Waals surface area contributed by atoms with E-state index >= 15 is 0 Å². The van der Waals surface area contributed by atoms with Gasteiger partial charge in [0.2, 0.25) is 0 Å². The van der Waals surface area contributed by atoms with Crippen LogP contribution in [0.5, 0.6) is 0 Å². The van der Waals surface area contributed by atoms with Gasteiger partial charge < -0.3 is 10.6 Å². The summed E-state index contributed by atoms with van der Waals surface area (Å²) in [6.45, 7) is 0.452. The summed E-state index contributed by atoms with van der Waals surface area (Å²) in [6.07, 6.45) is 0. The molecule has 0 aliphatic carbocycles. The van der Waals surface area contributed by atoms with Crippen LogP contribution in [0.15, 0.2) is 23.1 Å². The van der Waals surface area contributed by atoms with Gasteiger partial charge in [-0.25, -0.2) is 8.42 Å². The molecule has 0 heterocycles. The molecular formula is C10H15ClN2O2S. The predicted molar refractivity (Wildman–Crippen MR) is 66.5 cm³/mol. The topological polar surface area (TPSA) is 63.4 Å². The van der Waals surface area contributed by atoms with E-state index in [2.05, 4.69) is 0 Å². The molecule has 4 nitrogen and oxygen atoms in total. The Balaban J connectivity index is 3.02. The summed E-state index contributed by atoms with van der Waals surface area (Å²) in [5.74, 6) is 0.0309. The molecule has 1 aromatic carbocycles. The summed E-state index contributed by atoms with van der Waals surface area (Å²) >= 11 is 5.85. The molecule has 0 saturated heterocycles. The van der Waals surface area contributed by atoms with Gasteiger partial charge in [0.1, 0.15) is 0 Å². The van der Waals surface area contributed by atoms with Gasteiger partial charge in [-0.2, -0.15) is 0 Å². The quantitative estimate of drug-likeness (QED) is 0.830. The molecule has 2 N–H and O–H groups in total. The number of nitrogens with two attached hydrogens (primary N) is 1. The standard InChI is InChI=1S/C10H15ClN2O2S/c1-13(2)5-6-16(14,15)10-7-8(12)3-4-9(10)11/h3-4,7H,5-6,12H2,1-2H3. The van der Waals surface area contributed by atoms with Crippen LogP contribution in [0.2, 0.25) is 5.02 Å². The van der Waals surface area contributed by atoms with Crippen LogP contribution < -0.4 is 5.73 Å². The molecule has 0 atom stereocenters. The Morgan fingerprint density at radius 1 is 1.38 bits per heavy atom. The predicted octanol–water partition coefficient (Wildman–Crippen LogP) is 1.26. The van der Waals surface area contributed by atoms with Gasteiger partial charge in [-0.15, -0.1) is 0 Å². The van der Waals surface area contributed by atoms with Gasteiger partial charge in [0.15, 0.2) is 9.84 Å². The van der Waals surface area contributed by atoms with Crippen LogP contribution >= 0.6 is 11.6 Å². The molecule has 0 bridgehead atoms. The van der Waals surface area contributed by atoms with Gasteiger partial charge in [0.05, 0.1) is 15.7 Å². The van der Waals surface area contributed by atoms with E-state index in [4.69, 9.17) is 17.3 Å². The van der Waals surface area contributed by atoms with Crippen molar-refractivity contribution < 1.29 is 8.42 Å². The first-order valence-corrected chi connectivity index (χ1v) is 6.78. The van der Waals surface area contributed by atoms with Crippen LogP contribution in [0.3, 0.4) is 0 Å². The minimum atomic E-state index is -3.36. The van der Waals surface area contributed by atoms with E-state index in [1.54, 1.807) is 11.0 Å². The first-order chi connectivity index (χ1) is 7.33. The number of sulfone groups is 1. The second-order valence-corrected chi connectivity index (χ2v) is 6.30. The molecule has 0 aromatic heterocycles. The average molecular weight is 263 g/mol. The Bertz CT molecular complexity index is 472. The number of nitrogens with zero attached hydrogens (tertiary/aromatic N) is 1. The number of halogens is 1. The highest BCUT2D eigenvalue weighted by atomic mass is 35.5. The van der Waals surface area contributed by atoms with Crippen LogP contribution in [0.1, 0.15) is 0 Å². The van der Waals surface area contributed by atoms with E-state index in [0.717, 1.165) is 0 Å². The number of hydrogen-bond donors (Lipinski definition) is 1. The molecule has 0 radical (unpaired) electrons. The molecule has 90 valence electrons. The van der Waals surface area contributed by atoms with E-state index < -0.39 is 9.84 Å². The number of benzene rings is 1. The zero-order valence-electron chi connectivity index (χ0n) is 9.27. The maximum atomic E-state index is 11.9. The van der Waals surface area contributed by atoms with Crippen LogP contribution in [0.25, 0.3) is 0 Å². The molecule has 0 fully saturated rings. The van der Waals surface area contributed by atoms with E-state index in [1.807, 2.05) is 14.1 Å². The zero-order chi connectivity index (χ0) is 12.3. The molecule has 0 unspecified atom stereocenters. The minimum Gasteiger partial charge on any atom is -0.399 e. The van der Waals surface area contributed by atoms with Gasteiger partial charge in [-0.3, -0.25) is 0 Å². The normalized spacial score (nSPS) is 12.0. The van der Waals surface area contributed by atoms with Gasteiger partial charge in [-0.1, -0.05) is 11.6 Å². The number of rotatable bonds is 4. The van der Waals surface area contributed by atoms with Crippen molar-refractivity contribution in [3.8, 4) is 0 Å². The second kappa shape index (κ2) is 5.03. The summed E-state index contributed by atoms with van der Waals surface area (Å²) in [5.41, 5.74) is 5.94.